The van der Waals surface area contributed by atoms with Gasteiger partial charge in [0.2, 0.25) is 5.69 Å². The number of carbonyl (C=O) groups is 1. The van der Waals surface area contributed by atoms with Gasteiger partial charge in [-0.1, -0.05) is 24.3 Å². The van der Waals surface area contributed by atoms with E-state index >= 15 is 0 Å². The lowest BCUT2D eigenvalue weighted by Gasteiger charge is -2.07. The first kappa shape index (κ1) is 17.3. The molecule has 0 aliphatic carbocycles. The van der Waals surface area contributed by atoms with Crippen molar-refractivity contribution in [3.05, 3.63) is 95.8 Å². The summed E-state index contributed by atoms with van der Waals surface area (Å²) in [6, 6.07) is 17.8. The number of hydrogen-bond donors (Lipinski definition) is 1. The number of anilines is 1. The summed E-state index contributed by atoms with van der Waals surface area (Å²) in [4.78, 5) is 15.7. The number of benzene rings is 2. The Hall–Kier alpha value is -4.11. The maximum atomic E-state index is 13.8. The maximum Gasteiger partial charge on any atom is 0.258 e. The molecule has 1 N–H and O–H groups in total. The third-order valence-corrected chi connectivity index (χ3v) is 4.12. The quantitative estimate of drug-likeness (QED) is 0.437. The molecule has 0 fully saturated rings. The van der Waals surface area contributed by atoms with Gasteiger partial charge in [0.1, 0.15) is 11.6 Å². The summed E-state index contributed by atoms with van der Waals surface area (Å²) >= 11 is 0. The van der Waals surface area contributed by atoms with E-state index in [0.717, 1.165) is 0 Å². The van der Waals surface area contributed by atoms with Gasteiger partial charge < -0.3 is 14.2 Å². The molecule has 2 aromatic heterocycles. The van der Waals surface area contributed by atoms with Crippen LogP contribution in [0.1, 0.15) is 10.4 Å². The lowest BCUT2D eigenvalue weighted by atomic mass is 10.1. The first-order valence-electron chi connectivity index (χ1n) is 8.37. The van der Waals surface area contributed by atoms with Crippen LogP contribution >= 0.6 is 0 Å². The third-order valence-electron chi connectivity index (χ3n) is 4.12. The average molecular weight is 372 g/mol. The van der Waals surface area contributed by atoms with Crippen LogP contribution in [0, 0.1) is 12.4 Å². The highest BCUT2D eigenvalue weighted by molar-refractivity contribution is 6.04. The molecule has 4 aromatic rings. The van der Waals surface area contributed by atoms with Crippen molar-refractivity contribution in [2.24, 2.45) is 0 Å². The average Bonchev–Trinajstić information content (AvgIpc) is 3.37. The van der Waals surface area contributed by atoms with Gasteiger partial charge in [0.05, 0.1) is 18.4 Å². The van der Waals surface area contributed by atoms with E-state index in [-0.39, 0.29) is 5.56 Å². The van der Waals surface area contributed by atoms with Gasteiger partial charge in [-0.2, -0.15) is 0 Å². The molecule has 6 heteroatoms. The molecule has 5 nitrogen and oxygen atoms in total. The van der Waals surface area contributed by atoms with Crippen LogP contribution in [-0.4, -0.2) is 5.91 Å². The van der Waals surface area contributed by atoms with Crippen molar-refractivity contribution in [1.29, 1.82) is 0 Å². The smallest absolute Gasteiger partial charge is 0.258 e. The van der Waals surface area contributed by atoms with Crippen LogP contribution in [0.4, 0.5) is 15.8 Å². The van der Waals surface area contributed by atoms with E-state index in [1.165, 1.54) is 24.5 Å². The number of rotatable bonds is 4. The zero-order valence-corrected chi connectivity index (χ0v) is 14.5. The van der Waals surface area contributed by atoms with Gasteiger partial charge in [-0.3, -0.25) is 4.79 Å². The van der Waals surface area contributed by atoms with Crippen molar-refractivity contribution in [3.8, 4) is 22.8 Å². The molecule has 0 unspecified atom stereocenters. The van der Waals surface area contributed by atoms with Gasteiger partial charge in [0.15, 0.2) is 11.5 Å². The van der Waals surface area contributed by atoms with Gasteiger partial charge in [0.25, 0.3) is 5.91 Å². The minimum absolute atomic E-state index is 0.0299. The number of nitrogens with one attached hydrogen (secondary N) is 1. The summed E-state index contributed by atoms with van der Waals surface area (Å²) < 4.78 is 24.9. The molecule has 0 saturated carbocycles. The number of hydrogen-bond acceptors (Lipinski definition) is 3. The van der Waals surface area contributed by atoms with Crippen molar-refractivity contribution < 1.29 is 18.0 Å². The number of nitrogens with zero attached hydrogens (tertiary/aromatic N) is 1. The Bertz CT molecular complexity index is 1200. The Morgan fingerprint density at radius 1 is 1.00 bits per heavy atom. The SMILES string of the molecule is [C-]#[N+]c1ccoc1-c1ccc(-c2cccc(NC(=O)c3ccccc3F)c2)o1. The minimum Gasteiger partial charge on any atom is -0.473 e. The van der Waals surface area contributed by atoms with Crippen molar-refractivity contribution in [2.75, 3.05) is 5.32 Å². The number of amides is 1. The standard InChI is InChI=1S/C22H13FN2O3/c1-24-18-11-12-27-21(18)20-10-9-19(28-20)14-5-4-6-15(13-14)25-22(26)16-7-2-3-8-17(16)23/h2-13H,(H,25,26). The largest absolute Gasteiger partial charge is 0.473 e. The summed E-state index contributed by atoms with van der Waals surface area (Å²) in [6.45, 7) is 7.16. The molecular formula is C22H13FN2O3. The molecule has 0 radical (unpaired) electrons. The van der Waals surface area contributed by atoms with Crippen molar-refractivity contribution in [1.82, 2.24) is 0 Å². The van der Waals surface area contributed by atoms with Crippen LogP contribution in [0.25, 0.3) is 27.7 Å². The zero-order valence-electron chi connectivity index (χ0n) is 14.5. The highest BCUT2D eigenvalue weighted by atomic mass is 19.1. The molecule has 0 saturated heterocycles. The molecule has 0 aliphatic rings. The van der Waals surface area contributed by atoms with E-state index in [9.17, 15) is 9.18 Å². The van der Waals surface area contributed by atoms with E-state index in [2.05, 4.69) is 10.2 Å². The Morgan fingerprint density at radius 3 is 2.64 bits per heavy atom. The summed E-state index contributed by atoms with van der Waals surface area (Å²) in [6.07, 6.45) is 1.43. The second kappa shape index (κ2) is 7.25. The van der Waals surface area contributed by atoms with Crippen LogP contribution in [0.15, 0.2) is 81.8 Å². The van der Waals surface area contributed by atoms with Crippen LogP contribution in [-0.2, 0) is 0 Å². The lowest BCUT2D eigenvalue weighted by Crippen LogP contribution is -2.13. The Morgan fingerprint density at radius 2 is 1.82 bits per heavy atom. The second-order valence-corrected chi connectivity index (χ2v) is 5.93. The first-order chi connectivity index (χ1) is 13.7. The fourth-order valence-electron chi connectivity index (χ4n) is 2.78. The number of furan rings is 2. The Balaban J connectivity index is 1.59. The Kier molecular flexibility index (Phi) is 4.48. The monoisotopic (exact) mass is 372 g/mol. The fraction of sp³-hybridized carbons (Fsp3) is 0. The van der Waals surface area contributed by atoms with Crippen LogP contribution in [0.2, 0.25) is 0 Å². The highest BCUT2D eigenvalue weighted by Gasteiger charge is 2.15. The molecule has 0 spiro atoms. The molecular weight excluding hydrogens is 359 g/mol. The van der Waals surface area contributed by atoms with E-state index in [4.69, 9.17) is 15.4 Å². The van der Waals surface area contributed by atoms with Gasteiger partial charge >= 0.3 is 0 Å². The molecule has 136 valence electrons. The Labute approximate surface area is 159 Å². The minimum atomic E-state index is -0.583. The molecule has 28 heavy (non-hydrogen) atoms. The summed E-state index contributed by atoms with van der Waals surface area (Å²) in [5, 5.41) is 2.68. The van der Waals surface area contributed by atoms with Crippen LogP contribution < -0.4 is 5.32 Å². The van der Waals surface area contributed by atoms with E-state index in [0.29, 0.717) is 34.2 Å². The third kappa shape index (κ3) is 3.29. The van der Waals surface area contributed by atoms with Crippen LogP contribution in [0.3, 0.4) is 0 Å². The molecule has 0 bridgehead atoms. The van der Waals surface area contributed by atoms with Crippen LogP contribution in [0.5, 0.6) is 0 Å². The van der Waals surface area contributed by atoms with E-state index < -0.39 is 11.7 Å². The summed E-state index contributed by atoms with van der Waals surface area (Å²) in [5.41, 5.74) is 1.56. The van der Waals surface area contributed by atoms with E-state index in [1.807, 2.05) is 6.07 Å². The summed E-state index contributed by atoms with van der Waals surface area (Å²) in [7, 11) is 0. The lowest BCUT2D eigenvalue weighted by molar-refractivity contribution is 0.102. The topological polar surface area (TPSA) is 59.7 Å². The molecule has 2 heterocycles. The summed E-state index contributed by atoms with van der Waals surface area (Å²) in [5.74, 6) is 0.231. The maximum absolute atomic E-state index is 13.8. The zero-order chi connectivity index (χ0) is 19.5. The van der Waals surface area contributed by atoms with Crippen molar-refractivity contribution in [3.63, 3.8) is 0 Å². The number of carbonyl (C=O) groups excluding carboxylic acids is 1. The van der Waals surface area contributed by atoms with Gasteiger partial charge in [-0.15, -0.1) is 0 Å². The van der Waals surface area contributed by atoms with Gasteiger partial charge in [-0.05, 0) is 42.5 Å². The predicted molar refractivity (Wildman–Crippen MR) is 102 cm³/mol. The predicted octanol–water partition coefficient (Wildman–Crippen LogP) is 6.15. The molecule has 4 rings (SSSR count). The molecule has 1 amide bonds. The first-order valence-corrected chi connectivity index (χ1v) is 8.37. The van der Waals surface area contributed by atoms with Gasteiger partial charge in [0, 0.05) is 11.3 Å². The van der Waals surface area contributed by atoms with Gasteiger partial charge in [-0.25, -0.2) is 9.24 Å². The van der Waals surface area contributed by atoms with Crippen molar-refractivity contribution in [2.45, 2.75) is 0 Å². The normalized spacial score (nSPS) is 10.4. The molecule has 0 atom stereocenters. The van der Waals surface area contributed by atoms with E-state index in [1.54, 1.807) is 42.5 Å². The molecule has 0 aliphatic heterocycles. The highest BCUT2D eigenvalue weighted by Crippen LogP contribution is 2.35. The second-order valence-electron chi connectivity index (χ2n) is 5.93. The van der Waals surface area contributed by atoms with Crippen molar-refractivity contribution >= 4 is 17.3 Å². The molecule has 2 aromatic carbocycles. The fourth-order valence-corrected chi connectivity index (χ4v) is 2.78. The number of halogens is 1.